The summed E-state index contributed by atoms with van der Waals surface area (Å²) >= 11 is 1.56. The lowest BCUT2D eigenvalue weighted by Crippen LogP contribution is -2.24. The number of pyridine rings is 1. The van der Waals surface area contributed by atoms with Gasteiger partial charge in [-0.15, -0.1) is 11.3 Å². The SMILES string of the molecule is Cc1csc(CNC(=O)c2c3c(nc4ccccc24)/C(=C/c2ccc4c(c2)OCO4)CC3)n1. The Kier molecular flexibility index (Phi) is 4.84. The Balaban J connectivity index is 1.39. The Hall–Kier alpha value is -3.71. The number of carbonyl (C=O) groups excluding carboxylic acids is 1. The number of thiazole rings is 1. The summed E-state index contributed by atoms with van der Waals surface area (Å²) in [6.45, 7) is 2.63. The molecule has 6 nitrogen and oxygen atoms in total. The van der Waals surface area contributed by atoms with Crippen LogP contribution in [0.2, 0.25) is 0 Å². The van der Waals surface area contributed by atoms with Crippen molar-refractivity contribution >= 4 is 39.8 Å². The van der Waals surface area contributed by atoms with Crippen LogP contribution in [0, 0.1) is 6.92 Å². The molecule has 1 aliphatic carbocycles. The summed E-state index contributed by atoms with van der Waals surface area (Å²) in [6.07, 6.45) is 3.75. The number of benzene rings is 2. The van der Waals surface area contributed by atoms with Crippen molar-refractivity contribution in [3.05, 3.63) is 80.9 Å². The summed E-state index contributed by atoms with van der Waals surface area (Å²) in [6, 6.07) is 13.8. The van der Waals surface area contributed by atoms with Crippen molar-refractivity contribution in [3.63, 3.8) is 0 Å². The Labute approximate surface area is 194 Å². The molecule has 3 heterocycles. The lowest BCUT2D eigenvalue weighted by atomic mass is 10.00. The Morgan fingerprint density at radius 2 is 2.00 bits per heavy atom. The van der Waals surface area contributed by atoms with Crippen LogP contribution >= 0.6 is 11.3 Å². The van der Waals surface area contributed by atoms with Gasteiger partial charge in [-0.3, -0.25) is 4.79 Å². The van der Waals surface area contributed by atoms with Crippen LogP contribution in [0.1, 0.15) is 44.3 Å². The lowest BCUT2D eigenvalue weighted by molar-refractivity contribution is 0.0951. The minimum absolute atomic E-state index is 0.0815. The molecule has 0 bridgehead atoms. The molecule has 0 saturated carbocycles. The van der Waals surface area contributed by atoms with E-state index < -0.39 is 0 Å². The summed E-state index contributed by atoms with van der Waals surface area (Å²) in [4.78, 5) is 22.8. The highest BCUT2D eigenvalue weighted by molar-refractivity contribution is 7.09. The topological polar surface area (TPSA) is 73.3 Å². The average molecular weight is 456 g/mol. The molecule has 4 aromatic rings. The van der Waals surface area contributed by atoms with Crippen molar-refractivity contribution in [2.75, 3.05) is 6.79 Å². The fraction of sp³-hybridized carbons (Fsp3) is 0.192. The van der Waals surface area contributed by atoms with Crippen molar-refractivity contribution in [3.8, 4) is 11.5 Å². The first-order valence-corrected chi connectivity index (χ1v) is 11.7. The zero-order chi connectivity index (χ0) is 22.4. The van der Waals surface area contributed by atoms with Gasteiger partial charge in [-0.2, -0.15) is 0 Å². The van der Waals surface area contributed by atoms with Crippen LogP contribution in [-0.2, 0) is 13.0 Å². The quantitative estimate of drug-likeness (QED) is 0.461. The van der Waals surface area contributed by atoms with E-state index in [1.807, 2.05) is 54.8 Å². The number of nitrogens with one attached hydrogen (secondary N) is 1. The van der Waals surface area contributed by atoms with Crippen LogP contribution in [0.3, 0.4) is 0 Å². The van der Waals surface area contributed by atoms with Crippen molar-refractivity contribution in [2.45, 2.75) is 26.3 Å². The molecule has 0 spiro atoms. The first kappa shape index (κ1) is 19.9. The molecule has 2 aliphatic rings. The van der Waals surface area contributed by atoms with Gasteiger partial charge < -0.3 is 14.8 Å². The lowest BCUT2D eigenvalue weighted by Gasteiger charge is -2.12. The van der Waals surface area contributed by atoms with Crippen molar-refractivity contribution in [2.24, 2.45) is 0 Å². The summed E-state index contributed by atoms with van der Waals surface area (Å²) in [5.74, 6) is 1.44. The van der Waals surface area contributed by atoms with Crippen molar-refractivity contribution in [1.29, 1.82) is 0 Å². The van der Waals surface area contributed by atoms with Gasteiger partial charge >= 0.3 is 0 Å². The van der Waals surface area contributed by atoms with E-state index >= 15 is 0 Å². The summed E-state index contributed by atoms with van der Waals surface area (Å²) < 4.78 is 10.9. The molecular formula is C26H21N3O3S. The van der Waals surface area contributed by atoms with Gasteiger partial charge in [0.15, 0.2) is 11.5 Å². The molecule has 1 N–H and O–H groups in total. The van der Waals surface area contributed by atoms with Gasteiger partial charge in [0.1, 0.15) is 5.01 Å². The predicted octanol–water partition coefficient (Wildman–Crippen LogP) is 5.15. The first-order chi connectivity index (χ1) is 16.2. The van der Waals surface area contributed by atoms with Crippen LogP contribution in [0.15, 0.2) is 47.8 Å². The molecule has 0 fully saturated rings. The fourth-order valence-corrected chi connectivity index (χ4v) is 5.18. The second kappa shape index (κ2) is 8.01. The van der Waals surface area contributed by atoms with E-state index in [1.54, 1.807) is 11.3 Å². The van der Waals surface area contributed by atoms with Crippen LogP contribution in [-0.4, -0.2) is 22.7 Å². The third-order valence-corrected chi connectivity index (χ3v) is 6.94. The van der Waals surface area contributed by atoms with Gasteiger partial charge in [-0.05, 0) is 60.7 Å². The molecule has 6 rings (SSSR count). The van der Waals surface area contributed by atoms with Gasteiger partial charge in [0.25, 0.3) is 5.91 Å². The number of aryl methyl sites for hydroxylation is 1. The molecule has 33 heavy (non-hydrogen) atoms. The third kappa shape index (κ3) is 3.64. The second-order valence-electron chi connectivity index (χ2n) is 8.18. The molecule has 7 heteroatoms. The Bertz CT molecular complexity index is 1440. The predicted molar refractivity (Wildman–Crippen MR) is 129 cm³/mol. The number of hydrogen-bond donors (Lipinski definition) is 1. The Morgan fingerprint density at radius 1 is 1.12 bits per heavy atom. The molecule has 0 atom stereocenters. The minimum Gasteiger partial charge on any atom is -0.454 e. The van der Waals surface area contributed by atoms with Crippen LogP contribution < -0.4 is 14.8 Å². The number of rotatable bonds is 4. The van der Waals surface area contributed by atoms with Crippen molar-refractivity contribution in [1.82, 2.24) is 15.3 Å². The normalized spacial score (nSPS) is 15.2. The molecule has 2 aromatic carbocycles. The van der Waals surface area contributed by atoms with Gasteiger partial charge in [0, 0.05) is 16.5 Å². The zero-order valence-electron chi connectivity index (χ0n) is 18.1. The number of carbonyl (C=O) groups is 1. The number of fused-ring (bicyclic) bond motifs is 3. The van der Waals surface area contributed by atoms with E-state index in [4.69, 9.17) is 14.5 Å². The van der Waals surface area contributed by atoms with E-state index in [0.29, 0.717) is 6.54 Å². The third-order valence-electron chi connectivity index (χ3n) is 5.97. The van der Waals surface area contributed by atoms with E-state index in [0.717, 1.165) is 73.9 Å². The maximum Gasteiger partial charge on any atom is 0.252 e. The number of amides is 1. The smallest absolute Gasteiger partial charge is 0.252 e. The highest BCUT2D eigenvalue weighted by Crippen LogP contribution is 2.39. The van der Waals surface area contributed by atoms with Crippen LogP contribution in [0.5, 0.6) is 11.5 Å². The number of allylic oxidation sites excluding steroid dienone is 1. The van der Waals surface area contributed by atoms with Gasteiger partial charge in [0.05, 0.1) is 23.3 Å². The van der Waals surface area contributed by atoms with E-state index in [1.165, 1.54) is 0 Å². The molecule has 2 aromatic heterocycles. The average Bonchev–Trinajstić information content (AvgIpc) is 3.56. The number of aromatic nitrogens is 2. The molecule has 0 saturated heterocycles. The maximum absolute atomic E-state index is 13.4. The fourth-order valence-electron chi connectivity index (χ4n) is 4.47. The highest BCUT2D eigenvalue weighted by Gasteiger charge is 2.27. The van der Waals surface area contributed by atoms with Gasteiger partial charge in [-0.1, -0.05) is 24.3 Å². The van der Waals surface area contributed by atoms with Crippen molar-refractivity contribution < 1.29 is 14.3 Å². The number of para-hydroxylation sites is 1. The largest absolute Gasteiger partial charge is 0.454 e. The zero-order valence-corrected chi connectivity index (χ0v) is 18.9. The Morgan fingerprint density at radius 3 is 2.88 bits per heavy atom. The van der Waals surface area contributed by atoms with E-state index in [2.05, 4.69) is 16.4 Å². The van der Waals surface area contributed by atoms with Gasteiger partial charge in [0.2, 0.25) is 6.79 Å². The first-order valence-electron chi connectivity index (χ1n) is 10.9. The highest BCUT2D eigenvalue weighted by atomic mass is 32.1. The number of ether oxygens (including phenoxy) is 2. The molecular weight excluding hydrogens is 434 g/mol. The van der Waals surface area contributed by atoms with E-state index in [9.17, 15) is 4.79 Å². The summed E-state index contributed by atoms with van der Waals surface area (Å²) in [5.41, 5.74) is 6.58. The summed E-state index contributed by atoms with van der Waals surface area (Å²) in [5, 5.41) is 6.85. The van der Waals surface area contributed by atoms with E-state index in [-0.39, 0.29) is 12.7 Å². The molecule has 0 radical (unpaired) electrons. The van der Waals surface area contributed by atoms with Crippen LogP contribution in [0.25, 0.3) is 22.6 Å². The second-order valence-corrected chi connectivity index (χ2v) is 9.12. The molecule has 164 valence electrons. The maximum atomic E-state index is 13.4. The molecule has 1 amide bonds. The monoisotopic (exact) mass is 455 g/mol. The summed E-state index contributed by atoms with van der Waals surface area (Å²) in [7, 11) is 0. The van der Waals surface area contributed by atoms with Crippen LogP contribution in [0.4, 0.5) is 0 Å². The van der Waals surface area contributed by atoms with Gasteiger partial charge in [-0.25, -0.2) is 9.97 Å². The number of nitrogens with zero attached hydrogens (tertiary/aromatic N) is 2. The minimum atomic E-state index is -0.0815. The molecule has 0 unspecified atom stereocenters. The molecule has 1 aliphatic heterocycles. The number of hydrogen-bond acceptors (Lipinski definition) is 6. The standard InChI is InChI=1S/C26H21N3O3S/c1-15-13-33-23(28-15)12-27-26(30)24-18-4-2-3-5-20(18)29-25-17(7-8-19(24)25)10-16-6-9-21-22(11-16)32-14-31-21/h2-6,9-11,13H,7-8,12,14H2,1H3,(H,27,30)/b17-10+.